The summed E-state index contributed by atoms with van der Waals surface area (Å²) in [5.74, 6) is 0.522. The van der Waals surface area contributed by atoms with Crippen LogP contribution in [-0.2, 0) is 18.0 Å². The number of alkyl halides is 3. The van der Waals surface area contributed by atoms with E-state index >= 15 is 0 Å². The molecule has 0 saturated heterocycles. The van der Waals surface area contributed by atoms with Crippen molar-refractivity contribution < 1.29 is 22.7 Å². The van der Waals surface area contributed by atoms with Gasteiger partial charge in [0.25, 0.3) is 0 Å². The van der Waals surface area contributed by atoms with Crippen LogP contribution < -0.4 is 15.8 Å². The Morgan fingerprint density at radius 3 is 2.32 bits per heavy atom. The highest BCUT2D eigenvalue weighted by atomic mass is 19.4. The van der Waals surface area contributed by atoms with E-state index in [0.29, 0.717) is 22.4 Å². The van der Waals surface area contributed by atoms with Crippen molar-refractivity contribution in [2.24, 2.45) is 7.05 Å². The fourth-order valence-corrected chi connectivity index (χ4v) is 4.13. The van der Waals surface area contributed by atoms with Crippen molar-refractivity contribution in [3.8, 4) is 34.0 Å². The number of nitrogens with zero attached hydrogens (tertiary/aromatic N) is 4. The van der Waals surface area contributed by atoms with Crippen molar-refractivity contribution in [1.82, 2.24) is 19.5 Å². The number of ether oxygens (including phenoxy) is 1. The molecular formula is C30H27F3N6O2. The van der Waals surface area contributed by atoms with Crippen molar-refractivity contribution >= 4 is 28.8 Å². The molecular weight excluding hydrogens is 533 g/mol. The second-order valence-corrected chi connectivity index (χ2v) is 9.04. The monoisotopic (exact) mass is 560 g/mol. The Morgan fingerprint density at radius 1 is 1.05 bits per heavy atom. The second-order valence-electron chi connectivity index (χ2n) is 9.04. The SMILES string of the molecule is C=C(C)C=O.CNc1ccc(-c2c(-c3ccc(Oc4cccc(C(F)(F)F)c4)nc3)c3c(N)ncnc3n2C)cc1. The smallest absolute Gasteiger partial charge is 0.416 e. The highest BCUT2D eigenvalue weighted by Crippen LogP contribution is 2.42. The molecule has 0 aliphatic carbocycles. The summed E-state index contributed by atoms with van der Waals surface area (Å²) in [5.41, 5.74) is 11.0. The van der Waals surface area contributed by atoms with Gasteiger partial charge in [-0.2, -0.15) is 13.2 Å². The van der Waals surface area contributed by atoms with E-state index in [0.717, 1.165) is 46.5 Å². The Morgan fingerprint density at radius 2 is 1.73 bits per heavy atom. The molecule has 41 heavy (non-hydrogen) atoms. The number of carbonyl (C=O) groups excluding carboxylic acids is 1. The van der Waals surface area contributed by atoms with Crippen molar-refractivity contribution in [3.05, 3.63) is 90.9 Å². The summed E-state index contributed by atoms with van der Waals surface area (Å²) < 4.78 is 46.6. The Hall–Kier alpha value is -5.19. The number of aromatic nitrogens is 4. The zero-order valence-electron chi connectivity index (χ0n) is 22.5. The predicted molar refractivity (Wildman–Crippen MR) is 154 cm³/mol. The molecule has 0 aliphatic heterocycles. The third-order valence-electron chi connectivity index (χ3n) is 6.05. The molecule has 0 saturated carbocycles. The number of allylic oxidation sites excluding steroid dienone is 1. The molecule has 0 bridgehead atoms. The van der Waals surface area contributed by atoms with Crippen molar-refractivity contribution in [2.45, 2.75) is 13.1 Å². The molecule has 0 radical (unpaired) electrons. The van der Waals surface area contributed by atoms with Gasteiger partial charge in [-0.3, -0.25) is 4.79 Å². The van der Waals surface area contributed by atoms with E-state index in [9.17, 15) is 18.0 Å². The molecule has 0 aliphatic rings. The fraction of sp³-hybridized carbons (Fsp3) is 0.133. The molecule has 0 unspecified atom stereocenters. The van der Waals surface area contributed by atoms with Gasteiger partial charge in [0.05, 0.1) is 16.6 Å². The van der Waals surface area contributed by atoms with Gasteiger partial charge in [0, 0.05) is 43.2 Å². The first-order valence-corrected chi connectivity index (χ1v) is 12.3. The maximum atomic E-state index is 13.0. The zero-order chi connectivity index (χ0) is 29.7. The van der Waals surface area contributed by atoms with Crippen LogP contribution in [0.5, 0.6) is 11.6 Å². The van der Waals surface area contributed by atoms with Crippen molar-refractivity contribution in [2.75, 3.05) is 18.1 Å². The summed E-state index contributed by atoms with van der Waals surface area (Å²) in [4.78, 5) is 22.4. The van der Waals surface area contributed by atoms with Crippen LogP contribution in [0.1, 0.15) is 12.5 Å². The first-order chi connectivity index (χ1) is 19.5. The van der Waals surface area contributed by atoms with Gasteiger partial charge in [-0.05, 0) is 54.5 Å². The minimum atomic E-state index is -4.46. The van der Waals surface area contributed by atoms with Gasteiger partial charge in [-0.1, -0.05) is 24.8 Å². The summed E-state index contributed by atoms with van der Waals surface area (Å²) in [6.45, 7) is 4.97. The largest absolute Gasteiger partial charge is 0.439 e. The number of hydrogen-bond donors (Lipinski definition) is 2. The molecule has 2 aromatic carbocycles. The summed E-state index contributed by atoms with van der Waals surface area (Å²) in [5, 5.41) is 3.79. The fourth-order valence-electron chi connectivity index (χ4n) is 4.13. The van der Waals surface area contributed by atoms with E-state index in [1.54, 1.807) is 25.3 Å². The number of nitrogens with two attached hydrogens (primary N) is 1. The van der Waals surface area contributed by atoms with Crippen LogP contribution in [0.15, 0.2) is 85.3 Å². The minimum absolute atomic E-state index is 0.0400. The third kappa shape index (κ3) is 6.35. The van der Waals surface area contributed by atoms with Gasteiger partial charge in [-0.25, -0.2) is 15.0 Å². The summed E-state index contributed by atoms with van der Waals surface area (Å²) in [6.07, 6.45) is -0.732. The molecule has 0 amide bonds. The normalized spacial score (nSPS) is 11.0. The molecule has 5 rings (SSSR count). The van der Waals surface area contributed by atoms with E-state index in [-0.39, 0.29) is 11.6 Å². The third-order valence-corrected chi connectivity index (χ3v) is 6.05. The van der Waals surface area contributed by atoms with E-state index in [2.05, 4.69) is 26.8 Å². The molecule has 5 aromatic rings. The molecule has 210 valence electrons. The Labute approximate surface area is 234 Å². The molecule has 0 fully saturated rings. The minimum Gasteiger partial charge on any atom is -0.439 e. The average molecular weight is 561 g/mol. The molecule has 0 atom stereocenters. The number of hydrogen-bond acceptors (Lipinski definition) is 7. The first kappa shape index (κ1) is 28.8. The maximum Gasteiger partial charge on any atom is 0.416 e. The molecule has 3 N–H and O–H groups in total. The number of nitrogen functional groups attached to an aromatic ring is 1. The van der Waals surface area contributed by atoms with Crippen molar-refractivity contribution in [1.29, 1.82) is 0 Å². The summed E-state index contributed by atoms with van der Waals surface area (Å²) >= 11 is 0. The highest BCUT2D eigenvalue weighted by Gasteiger charge is 2.30. The van der Waals surface area contributed by atoms with Crippen LogP contribution in [0.4, 0.5) is 24.7 Å². The number of carbonyl (C=O) groups is 1. The number of benzene rings is 2. The number of aldehydes is 1. The van der Waals surface area contributed by atoms with Gasteiger partial charge < -0.3 is 20.4 Å². The van der Waals surface area contributed by atoms with E-state index in [4.69, 9.17) is 10.5 Å². The van der Waals surface area contributed by atoms with E-state index in [1.165, 1.54) is 18.5 Å². The Kier molecular flexibility index (Phi) is 8.37. The van der Waals surface area contributed by atoms with Crippen LogP contribution in [0.3, 0.4) is 0 Å². The summed E-state index contributed by atoms with van der Waals surface area (Å²) in [6, 6.07) is 16.0. The lowest BCUT2D eigenvalue weighted by Crippen LogP contribution is -2.04. The Balaban J connectivity index is 0.000000714. The average Bonchev–Trinajstić information content (AvgIpc) is 3.27. The molecule has 11 heteroatoms. The van der Waals surface area contributed by atoms with Gasteiger partial charge in [0.15, 0.2) is 0 Å². The van der Waals surface area contributed by atoms with Crippen LogP contribution in [0.25, 0.3) is 33.4 Å². The number of aryl methyl sites for hydroxylation is 1. The highest BCUT2D eigenvalue weighted by molar-refractivity contribution is 6.07. The van der Waals surface area contributed by atoms with Crippen molar-refractivity contribution in [3.63, 3.8) is 0 Å². The van der Waals surface area contributed by atoms with Crippen LogP contribution in [0.2, 0.25) is 0 Å². The number of rotatable bonds is 6. The lowest BCUT2D eigenvalue weighted by molar-refractivity contribution is -0.137. The van der Waals surface area contributed by atoms with E-state index in [1.807, 2.05) is 42.9 Å². The number of pyridine rings is 1. The van der Waals surface area contributed by atoms with Crippen LogP contribution in [0, 0.1) is 0 Å². The quantitative estimate of drug-likeness (QED) is 0.172. The van der Waals surface area contributed by atoms with Crippen LogP contribution >= 0.6 is 0 Å². The lowest BCUT2D eigenvalue weighted by Gasteiger charge is -2.11. The number of fused-ring (bicyclic) bond motifs is 1. The summed E-state index contributed by atoms with van der Waals surface area (Å²) in [7, 11) is 3.75. The van der Waals surface area contributed by atoms with Gasteiger partial charge in [-0.15, -0.1) is 0 Å². The standard InChI is InChI=1S/C26H21F3N6O.C4H6O/c1-31-18-9-6-15(7-10-18)23-21(22-24(30)33-14-34-25(22)35(23)2)16-8-11-20(32-13-16)36-19-5-3-4-17(12-19)26(27,28)29;1-4(2)3-5/h3-14,31H,1-2H3,(H2,30,33,34);3H,1H2,2H3. The topological polar surface area (TPSA) is 108 Å². The number of anilines is 2. The Bertz CT molecular complexity index is 1700. The molecule has 3 heterocycles. The molecule has 0 spiro atoms. The van der Waals surface area contributed by atoms with Gasteiger partial charge >= 0.3 is 6.18 Å². The van der Waals surface area contributed by atoms with E-state index < -0.39 is 11.7 Å². The second kappa shape index (κ2) is 11.9. The van der Waals surface area contributed by atoms with Gasteiger partial charge in [0.2, 0.25) is 5.88 Å². The van der Waals surface area contributed by atoms with Gasteiger partial charge in [0.1, 0.15) is 29.8 Å². The van der Waals surface area contributed by atoms with Crippen LogP contribution in [-0.4, -0.2) is 32.9 Å². The number of halogens is 3. The maximum absolute atomic E-state index is 13.0. The first-order valence-electron chi connectivity index (χ1n) is 12.3. The zero-order valence-corrected chi connectivity index (χ0v) is 22.5. The lowest BCUT2D eigenvalue weighted by atomic mass is 10.00. The number of nitrogens with one attached hydrogen (secondary N) is 1. The molecule has 3 aromatic heterocycles. The molecule has 8 nitrogen and oxygen atoms in total. The predicted octanol–water partition coefficient (Wildman–Crippen LogP) is 6.89.